The number of aromatic hydroxyl groups is 1. The SMILES string of the molecule is C[C@H]1c2cccc(O)c2C(=O)C2C1[C@H](O)C1C(N(C)C)C(=O)C(C(N)=O)C(=O)[C@@]1(O)C2O. The molecule has 10 nitrogen and oxygen atoms in total. The van der Waals surface area contributed by atoms with Gasteiger partial charge in [0.2, 0.25) is 5.91 Å². The molecule has 2 fully saturated rings. The van der Waals surface area contributed by atoms with Crippen LogP contribution in [-0.2, 0) is 14.4 Å². The molecule has 1 aromatic rings. The maximum Gasteiger partial charge on any atom is 0.235 e. The predicted molar refractivity (Wildman–Crippen MR) is 108 cm³/mol. The molecule has 0 heterocycles. The highest BCUT2D eigenvalue weighted by Gasteiger charge is 2.72. The van der Waals surface area contributed by atoms with E-state index >= 15 is 0 Å². The number of likely N-dealkylation sites (N-methyl/N-ethyl adjacent to an activating group) is 1. The van der Waals surface area contributed by atoms with Crippen molar-refractivity contribution in [2.45, 2.75) is 36.7 Å². The van der Waals surface area contributed by atoms with Crippen molar-refractivity contribution >= 4 is 23.3 Å². The van der Waals surface area contributed by atoms with Crippen LogP contribution >= 0.6 is 0 Å². The van der Waals surface area contributed by atoms with E-state index in [0.717, 1.165) is 0 Å². The number of hydrogen-bond donors (Lipinski definition) is 5. The van der Waals surface area contributed by atoms with Crippen molar-refractivity contribution in [1.82, 2.24) is 4.90 Å². The zero-order valence-corrected chi connectivity index (χ0v) is 17.8. The minimum absolute atomic E-state index is 0.0514. The number of phenolic OH excluding ortho intramolecular Hbond substituents is 1. The zero-order valence-electron chi connectivity index (χ0n) is 17.8. The lowest BCUT2D eigenvalue weighted by Gasteiger charge is -2.59. The van der Waals surface area contributed by atoms with Gasteiger partial charge in [0.15, 0.2) is 28.9 Å². The van der Waals surface area contributed by atoms with E-state index in [4.69, 9.17) is 5.73 Å². The standard InChI is InChI=1S/C22H26N2O8/c1-7-8-5-4-6-9(25)11(8)16(26)12-10(7)17(27)14-15(24(2)3)18(28)13(21(23)31)20(30)22(14,32)19(12)29/h4-7,10,12-15,17,19,25,27,29,32H,1-3H3,(H2,23,31)/t7-,10?,12?,13?,14?,15?,17-,19?,22-/m0/s1. The summed E-state index contributed by atoms with van der Waals surface area (Å²) in [5.74, 6) is -11.0. The van der Waals surface area contributed by atoms with Gasteiger partial charge in [-0.15, -0.1) is 0 Å². The summed E-state index contributed by atoms with van der Waals surface area (Å²) in [6.45, 7) is 1.70. The van der Waals surface area contributed by atoms with Crippen molar-refractivity contribution in [3.05, 3.63) is 29.3 Å². The van der Waals surface area contributed by atoms with E-state index in [2.05, 4.69) is 0 Å². The van der Waals surface area contributed by atoms with Gasteiger partial charge in [-0.05, 0) is 31.6 Å². The molecule has 0 spiro atoms. The minimum Gasteiger partial charge on any atom is -0.507 e. The molecule has 1 amide bonds. The Balaban J connectivity index is 1.95. The quantitative estimate of drug-likeness (QED) is 0.327. The number of carbonyl (C=O) groups excluding carboxylic acids is 4. The third-order valence-corrected chi connectivity index (χ3v) is 7.58. The topological polar surface area (TPSA) is 178 Å². The Labute approximate surface area is 183 Å². The Hall–Kier alpha value is -2.66. The molecule has 172 valence electrons. The van der Waals surface area contributed by atoms with E-state index < -0.39 is 76.7 Å². The summed E-state index contributed by atoms with van der Waals surface area (Å²) in [5, 5.41) is 44.5. The number of phenols is 1. The van der Waals surface area contributed by atoms with Crippen molar-refractivity contribution in [1.29, 1.82) is 0 Å². The maximum atomic E-state index is 13.4. The lowest BCUT2D eigenvalue weighted by Crippen LogP contribution is -2.79. The fourth-order valence-corrected chi connectivity index (χ4v) is 6.19. The van der Waals surface area contributed by atoms with Crippen LogP contribution in [0.3, 0.4) is 0 Å². The second-order valence-corrected chi connectivity index (χ2v) is 9.29. The van der Waals surface area contributed by atoms with Crippen LogP contribution in [0.5, 0.6) is 5.75 Å². The number of nitrogens with zero attached hydrogens (tertiary/aromatic N) is 1. The van der Waals surface area contributed by atoms with Gasteiger partial charge in [-0.1, -0.05) is 19.1 Å². The molecule has 6 N–H and O–H groups in total. The van der Waals surface area contributed by atoms with Crippen molar-refractivity contribution in [3.63, 3.8) is 0 Å². The molecule has 2 saturated carbocycles. The van der Waals surface area contributed by atoms with Crippen LogP contribution in [0.15, 0.2) is 18.2 Å². The molecule has 0 aromatic heterocycles. The first-order valence-electron chi connectivity index (χ1n) is 10.4. The summed E-state index contributed by atoms with van der Waals surface area (Å²) in [6.07, 6.45) is -3.59. The number of ketones is 3. The molecule has 0 saturated heterocycles. The van der Waals surface area contributed by atoms with E-state index in [1.807, 2.05) is 0 Å². The lowest BCUT2D eigenvalue weighted by molar-refractivity contribution is -0.229. The van der Waals surface area contributed by atoms with Gasteiger partial charge in [0.1, 0.15) is 11.9 Å². The maximum absolute atomic E-state index is 13.4. The summed E-state index contributed by atoms with van der Waals surface area (Å²) in [7, 11) is 2.95. The number of carbonyl (C=O) groups is 4. The highest BCUT2D eigenvalue weighted by Crippen LogP contribution is 2.55. The Morgan fingerprint density at radius 3 is 2.34 bits per heavy atom. The van der Waals surface area contributed by atoms with Gasteiger partial charge in [-0.25, -0.2) is 0 Å². The monoisotopic (exact) mass is 446 g/mol. The summed E-state index contributed by atoms with van der Waals surface area (Å²) >= 11 is 0. The fraction of sp³-hybridized carbons (Fsp3) is 0.545. The average molecular weight is 446 g/mol. The highest BCUT2D eigenvalue weighted by atomic mass is 16.4. The first kappa shape index (κ1) is 22.5. The number of Topliss-reactive ketones (excluding diaryl/α,β-unsaturated/α-hetero) is 3. The van der Waals surface area contributed by atoms with Crippen LogP contribution in [-0.4, -0.2) is 86.5 Å². The van der Waals surface area contributed by atoms with Crippen molar-refractivity contribution < 1.29 is 39.6 Å². The zero-order chi connectivity index (χ0) is 23.9. The van der Waals surface area contributed by atoms with E-state index in [1.165, 1.54) is 25.1 Å². The molecule has 32 heavy (non-hydrogen) atoms. The third kappa shape index (κ3) is 2.60. The molecule has 0 bridgehead atoms. The van der Waals surface area contributed by atoms with Crippen LogP contribution in [0.1, 0.15) is 28.8 Å². The summed E-state index contributed by atoms with van der Waals surface area (Å²) < 4.78 is 0. The van der Waals surface area contributed by atoms with Crippen LogP contribution in [0, 0.1) is 23.7 Å². The molecule has 6 unspecified atom stereocenters. The number of nitrogens with two attached hydrogens (primary N) is 1. The summed E-state index contributed by atoms with van der Waals surface area (Å²) in [5.41, 5.74) is 2.91. The van der Waals surface area contributed by atoms with Crippen LogP contribution in [0.2, 0.25) is 0 Å². The first-order chi connectivity index (χ1) is 14.9. The van der Waals surface area contributed by atoms with Gasteiger partial charge < -0.3 is 26.2 Å². The van der Waals surface area contributed by atoms with Gasteiger partial charge in [0.25, 0.3) is 0 Å². The number of amides is 1. The van der Waals surface area contributed by atoms with Crippen LogP contribution in [0.25, 0.3) is 0 Å². The van der Waals surface area contributed by atoms with Gasteiger partial charge in [0.05, 0.1) is 23.6 Å². The van der Waals surface area contributed by atoms with Crippen molar-refractivity contribution in [2.75, 3.05) is 14.1 Å². The second-order valence-electron chi connectivity index (χ2n) is 9.29. The molecule has 10 heteroatoms. The Kier molecular flexibility index (Phi) is 5.05. The van der Waals surface area contributed by atoms with E-state index in [-0.39, 0.29) is 11.3 Å². The molecule has 3 aliphatic rings. The second kappa shape index (κ2) is 7.17. The Morgan fingerprint density at radius 2 is 1.78 bits per heavy atom. The van der Waals surface area contributed by atoms with E-state index in [1.54, 1.807) is 19.1 Å². The van der Waals surface area contributed by atoms with E-state index in [0.29, 0.717) is 5.56 Å². The number of hydrogen-bond acceptors (Lipinski definition) is 9. The molecule has 0 aliphatic heterocycles. The average Bonchev–Trinajstić information content (AvgIpc) is 2.70. The predicted octanol–water partition coefficient (Wildman–Crippen LogP) is -1.81. The fourth-order valence-electron chi connectivity index (χ4n) is 6.19. The molecular formula is C22H26N2O8. The molecule has 9 atom stereocenters. The normalized spacial score (nSPS) is 41.2. The Bertz CT molecular complexity index is 1040. The van der Waals surface area contributed by atoms with Crippen molar-refractivity contribution in [2.24, 2.45) is 29.4 Å². The van der Waals surface area contributed by atoms with Gasteiger partial charge in [0, 0.05) is 11.8 Å². The summed E-state index contributed by atoms with van der Waals surface area (Å²) in [4.78, 5) is 52.9. The third-order valence-electron chi connectivity index (χ3n) is 7.58. The number of benzene rings is 1. The molecular weight excluding hydrogens is 420 g/mol. The largest absolute Gasteiger partial charge is 0.507 e. The van der Waals surface area contributed by atoms with Crippen LogP contribution < -0.4 is 5.73 Å². The van der Waals surface area contributed by atoms with Crippen molar-refractivity contribution in [3.8, 4) is 5.75 Å². The smallest absolute Gasteiger partial charge is 0.235 e. The molecule has 3 aliphatic carbocycles. The molecule has 1 aromatic carbocycles. The number of rotatable bonds is 2. The lowest BCUT2D eigenvalue weighted by atomic mass is 9.49. The highest BCUT2D eigenvalue weighted by molar-refractivity contribution is 6.24. The number of primary amides is 1. The molecule has 4 rings (SSSR count). The van der Waals surface area contributed by atoms with Gasteiger partial charge in [-0.3, -0.25) is 24.1 Å². The number of fused-ring (bicyclic) bond motifs is 3. The van der Waals surface area contributed by atoms with Crippen LogP contribution in [0.4, 0.5) is 0 Å². The molecule has 0 radical (unpaired) electrons. The summed E-state index contributed by atoms with van der Waals surface area (Å²) in [6, 6.07) is 3.17. The van der Waals surface area contributed by atoms with Gasteiger partial charge >= 0.3 is 0 Å². The first-order valence-corrected chi connectivity index (χ1v) is 10.4. The number of aliphatic hydroxyl groups is 3. The Morgan fingerprint density at radius 1 is 1.16 bits per heavy atom. The number of aliphatic hydroxyl groups excluding tert-OH is 2. The minimum atomic E-state index is -2.78. The van der Waals surface area contributed by atoms with E-state index in [9.17, 15) is 39.6 Å². The van der Waals surface area contributed by atoms with Gasteiger partial charge in [-0.2, -0.15) is 0 Å².